The fourth-order valence-corrected chi connectivity index (χ4v) is 3.65. The number of rotatable bonds is 3. The van der Waals surface area contributed by atoms with Crippen molar-refractivity contribution >= 4 is 50.7 Å². The van der Waals surface area contributed by atoms with Gasteiger partial charge in [-0.2, -0.15) is 0 Å². The van der Waals surface area contributed by atoms with Gasteiger partial charge in [0.05, 0.1) is 22.8 Å². The van der Waals surface area contributed by atoms with Crippen LogP contribution in [0.2, 0.25) is 0 Å². The molecule has 0 N–H and O–H groups in total. The van der Waals surface area contributed by atoms with Crippen LogP contribution in [0.4, 0.5) is 0 Å². The molecule has 0 saturated carbocycles. The Kier molecular flexibility index (Phi) is 4.60. The first-order chi connectivity index (χ1) is 13.5. The van der Waals surface area contributed by atoms with Crippen LogP contribution in [0.3, 0.4) is 0 Å². The van der Waals surface area contributed by atoms with Crippen molar-refractivity contribution in [1.82, 2.24) is 4.57 Å². The van der Waals surface area contributed by atoms with Crippen LogP contribution >= 0.6 is 15.9 Å². The number of carbonyl (C=O) groups is 2. The third-order valence-corrected chi connectivity index (χ3v) is 4.98. The van der Waals surface area contributed by atoms with E-state index in [0.29, 0.717) is 17.0 Å². The standard InChI is InChI=1S/C21H15BrN2O4/c1-12(25)24-15(9-13-5-3-4-6-18(13)24)11-17-21(26)28-20(23-17)14-7-8-19(27-2)16(22)10-14/h3-11H,1-2H3/b17-11-. The number of halogens is 1. The van der Waals surface area contributed by atoms with Gasteiger partial charge in [-0.3, -0.25) is 9.36 Å². The summed E-state index contributed by atoms with van der Waals surface area (Å²) in [6.45, 7) is 1.48. The Balaban J connectivity index is 1.77. The van der Waals surface area contributed by atoms with Gasteiger partial charge in [-0.1, -0.05) is 18.2 Å². The molecule has 0 atom stereocenters. The first-order valence-electron chi connectivity index (χ1n) is 8.46. The summed E-state index contributed by atoms with van der Waals surface area (Å²) < 4.78 is 12.8. The first-order valence-corrected chi connectivity index (χ1v) is 9.25. The molecule has 0 bridgehead atoms. The molecule has 0 spiro atoms. The molecule has 0 amide bonds. The minimum absolute atomic E-state index is 0.132. The SMILES string of the molecule is COc1ccc(C2=N/C(=C\c3cc4ccccc4n3C(C)=O)C(=O)O2)cc1Br. The lowest BCUT2D eigenvalue weighted by atomic mass is 10.2. The molecule has 3 aromatic rings. The molecule has 2 heterocycles. The molecule has 1 aliphatic rings. The number of para-hydroxylation sites is 1. The maximum absolute atomic E-state index is 12.3. The fraction of sp³-hybridized carbons (Fsp3) is 0.0952. The molecule has 140 valence electrons. The zero-order chi connectivity index (χ0) is 19.8. The van der Waals surface area contributed by atoms with E-state index in [1.807, 2.05) is 30.3 Å². The van der Waals surface area contributed by atoms with Crippen LogP contribution in [0.25, 0.3) is 17.0 Å². The summed E-state index contributed by atoms with van der Waals surface area (Å²) in [6.07, 6.45) is 1.56. The minimum Gasteiger partial charge on any atom is -0.496 e. The molecule has 0 fully saturated rings. The van der Waals surface area contributed by atoms with E-state index in [1.54, 1.807) is 36.0 Å². The smallest absolute Gasteiger partial charge is 0.363 e. The van der Waals surface area contributed by atoms with Crippen LogP contribution < -0.4 is 4.74 Å². The molecule has 28 heavy (non-hydrogen) atoms. The van der Waals surface area contributed by atoms with Crippen LogP contribution in [-0.4, -0.2) is 29.5 Å². The van der Waals surface area contributed by atoms with Crippen molar-refractivity contribution in [2.24, 2.45) is 4.99 Å². The Bertz CT molecular complexity index is 1190. The largest absolute Gasteiger partial charge is 0.496 e. The summed E-state index contributed by atoms with van der Waals surface area (Å²) in [5.74, 6) is 0.144. The number of ether oxygens (including phenoxy) is 2. The topological polar surface area (TPSA) is 69.9 Å². The van der Waals surface area contributed by atoms with E-state index < -0.39 is 5.97 Å². The average molecular weight is 439 g/mol. The predicted molar refractivity (Wildman–Crippen MR) is 110 cm³/mol. The molecule has 2 aromatic carbocycles. The number of methoxy groups -OCH3 is 1. The number of aromatic nitrogens is 1. The molecule has 1 aliphatic heterocycles. The van der Waals surface area contributed by atoms with Crippen molar-refractivity contribution in [1.29, 1.82) is 0 Å². The fourth-order valence-electron chi connectivity index (χ4n) is 3.11. The number of carbonyl (C=O) groups excluding carboxylic acids is 2. The summed E-state index contributed by atoms with van der Waals surface area (Å²) in [7, 11) is 1.57. The van der Waals surface area contributed by atoms with Gasteiger partial charge in [0.2, 0.25) is 11.8 Å². The number of fused-ring (bicyclic) bond motifs is 1. The summed E-state index contributed by atoms with van der Waals surface area (Å²) in [5.41, 5.74) is 2.11. The van der Waals surface area contributed by atoms with Crippen molar-refractivity contribution in [3.63, 3.8) is 0 Å². The zero-order valence-electron chi connectivity index (χ0n) is 15.1. The average Bonchev–Trinajstić information content (AvgIpc) is 3.22. The molecular weight excluding hydrogens is 424 g/mol. The highest BCUT2D eigenvalue weighted by molar-refractivity contribution is 9.10. The predicted octanol–water partition coefficient (Wildman–Crippen LogP) is 4.42. The highest BCUT2D eigenvalue weighted by Crippen LogP contribution is 2.28. The molecule has 7 heteroatoms. The Morgan fingerprint density at radius 3 is 2.71 bits per heavy atom. The lowest BCUT2D eigenvalue weighted by Gasteiger charge is -2.05. The number of hydrogen-bond acceptors (Lipinski definition) is 5. The molecule has 0 aliphatic carbocycles. The van der Waals surface area contributed by atoms with Crippen LogP contribution in [0, 0.1) is 0 Å². The van der Waals surface area contributed by atoms with Crippen molar-refractivity contribution in [2.45, 2.75) is 6.92 Å². The quantitative estimate of drug-likeness (QED) is 0.448. The summed E-state index contributed by atoms with van der Waals surface area (Å²) in [5, 5.41) is 0.902. The van der Waals surface area contributed by atoms with E-state index in [-0.39, 0.29) is 17.5 Å². The molecule has 0 saturated heterocycles. The van der Waals surface area contributed by atoms with Gasteiger partial charge in [0, 0.05) is 17.9 Å². The molecule has 1 aromatic heterocycles. The van der Waals surface area contributed by atoms with Crippen LogP contribution in [0.5, 0.6) is 5.75 Å². The molecule has 0 unspecified atom stereocenters. The summed E-state index contributed by atoms with van der Waals surface area (Å²) in [4.78, 5) is 28.8. The van der Waals surface area contributed by atoms with E-state index in [4.69, 9.17) is 9.47 Å². The Morgan fingerprint density at radius 1 is 1.21 bits per heavy atom. The molecule has 6 nitrogen and oxygen atoms in total. The van der Waals surface area contributed by atoms with Gasteiger partial charge in [0.25, 0.3) is 0 Å². The maximum Gasteiger partial charge on any atom is 0.363 e. The van der Waals surface area contributed by atoms with Crippen molar-refractivity contribution in [3.8, 4) is 5.75 Å². The maximum atomic E-state index is 12.3. The molecular formula is C21H15BrN2O4. The van der Waals surface area contributed by atoms with Crippen molar-refractivity contribution < 1.29 is 19.1 Å². The van der Waals surface area contributed by atoms with Crippen LogP contribution in [-0.2, 0) is 9.53 Å². The second kappa shape index (κ2) is 7.09. The van der Waals surface area contributed by atoms with Crippen molar-refractivity contribution in [2.75, 3.05) is 7.11 Å². The second-order valence-electron chi connectivity index (χ2n) is 6.17. The normalized spacial score (nSPS) is 15.0. The van der Waals surface area contributed by atoms with Crippen LogP contribution in [0.15, 0.2) is 63.7 Å². The zero-order valence-corrected chi connectivity index (χ0v) is 16.7. The Hall–Kier alpha value is -3.19. The highest BCUT2D eigenvalue weighted by Gasteiger charge is 2.25. The van der Waals surface area contributed by atoms with Gasteiger partial charge >= 0.3 is 5.97 Å². The number of esters is 1. The third-order valence-electron chi connectivity index (χ3n) is 4.36. The third kappa shape index (κ3) is 3.14. The highest BCUT2D eigenvalue weighted by atomic mass is 79.9. The second-order valence-corrected chi connectivity index (χ2v) is 7.02. The lowest BCUT2D eigenvalue weighted by Crippen LogP contribution is -2.08. The monoisotopic (exact) mass is 438 g/mol. The summed E-state index contributed by atoms with van der Waals surface area (Å²) in [6, 6.07) is 14.6. The van der Waals surface area contributed by atoms with E-state index in [1.165, 1.54) is 6.92 Å². The molecule has 0 radical (unpaired) electrons. The van der Waals surface area contributed by atoms with Gasteiger partial charge in [0.15, 0.2) is 5.70 Å². The summed E-state index contributed by atoms with van der Waals surface area (Å²) >= 11 is 3.41. The minimum atomic E-state index is -0.567. The number of cyclic esters (lactones) is 1. The lowest BCUT2D eigenvalue weighted by molar-refractivity contribution is -0.129. The number of nitrogens with zero attached hydrogens (tertiary/aromatic N) is 2. The van der Waals surface area contributed by atoms with Gasteiger partial charge in [-0.05, 0) is 52.3 Å². The van der Waals surface area contributed by atoms with E-state index in [0.717, 1.165) is 15.4 Å². The molecule has 4 rings (SSSR count). The van der Waals surface area contributed by atoms with Crippen LogP contribution in [0.1, 0.15) is 23.0 Å². The number of benzene rings is 2. The Morgan fingerprint density at radius 2 is 2.00 bits per heavy atom. The van der Waals surface area contributed by atoms with E-state index >= 15 is 0 Å². The first kappa shape index (κ1) is 18.2. The van der Waals surface area contributed by atoms with Gasteiger partial charge in [0.1, 0.15) is 5.75 Å². The van der Waals surface area contributed by atoms with Crippen molar-refractivity contribution in [3.05, 3.63) is 70.0 Å². The number of aliphatic imine (C=N–C) groups is 1. The Labute approximate surface area is 169 Å². The van der Waals surface area contributed by atoms with E-state index in [2.05, 4.69) is 20.9 Å². The number of hydrogen-bond donors (Lipinski definition) is 0. The van der Waals surface area contributed by atoms with Gasteiger partial charge in [-0.25, -0.2) is 9.79 Å². The van der Waals surface area contributed by atoms with Gasteiger partial charge in [-0.15, -0.1) is 0 Å². The van der Waals surface area contributed by atoms with E-state index in [9.17, 15) is 9.59 Å². The van der Waals surface area contributed by atoms with Gasteiger partial charge < -0.3 is 9.47 Å².